The minimum absolute atomic E-state index is 0.728. The monoisotopic (exact) mass is 262 g/mol. The van der Waals surface area contributed by atoms with Crippen molar-refractivity contribution in [3.05, 3.63) is 23.8 Å². The lowest BCUT2D eigenvalue weighted by atomic mass is 10.1. The number of ether oxygens (including phenoxy) is 1. The molecule has 1 saturated heterocycles. The van der Waals surface area contributed by atoms with E-state index in [1.165, 1.54) is 30.5 Å². The number of piperidine rings is 1. The van der Waals surface area contributed by atoms with Crippen molar-refractivity contribution in [3.63, 3.8) is 0 Å². The highest BCUT2D eigenvalue weighted by molar-refractivity contribution is 5.60. The molecule has 19 heavy (non-hydrogen) atoms. The quantitative estimate of drug-likeness (QED) is 0.852. The summed E-state index contributed by atoms with van der Waals surface area (Å²) < 4.78 is 5.84. The van der Waals surface area contributed by atoms with E-state index in [1.807, 2.05) is 0 Å². The fourth-order valence-electron chi connectivity index (χ4n) is 2.61. The Hall–Kier alpha value is -1.22. The molecule has 0 aromatic heterocycles. The predicted molar refractivity (Wildman–Crippen MR) is 81.1 cm³/mol. The van der Waals surface area contributed by atoms with Crippen LogP contribution in [0.25, 0.3) is 0 Å². The molecule has 1 aliphatic rings. The number of rotatable bonds is 6. The van der Waals surface area contributed by atoms with E-state index in [0.29, 0.717) is 0 Å². The van der Waals surface area contributed by atoms with Gasteiger partial charge in [-0.25, -0.2) is 0 Å². The van der Waals surface area contributed by atoms with Crippen molar-refractivity contribution in [2.75, 3.05) is 31.1 Å². The van der Waals surface area contributed by atoms with Crippen LogP contribution in [0.5, 0.6) is 5.75 Å². The van der Waals surface area contributed by atoms with Crippen molar-refractivity contribution in [2.24, 2.45) is 0 Å². The van der Waals surface area contributed by atoms with Gasteiger partial charge in [0.1, 0.15) is 5.75 Å². The molecule has 0 amide bonds. The second-order valence-corrected chi connectivity index (χ2v) is 5.06. The van der Waals surface area contributed by atoms with Crippen LogP contribution in [0.1, 0.15) is 38.7 Å². The Bertz CT molecular complexity index is 386. The van der Waals surface area contributed by atoms with Crippen LogP contribution >= 0.6 is 0 Å². The lowest BCUT2D eigenvalue weighted by Gasteiger charge is -2.30. The average molecular weight is 262 g/mol. The summed E-state index contributed by atoms with van der Waals surface area (Å²) in [5, 5.41) is 3.36. The summed E-state index contributed by atoms with van der Waals surface area (Å²) in [6, 6.07) is 6.63. The van der Waals surface area contributed by atoms with E-state index >= 15 is 0 Å². The number of hydrogen-bond acceptors (Lipinski definition) is 3. The average Bonchev–Trinajstić information content (AvgIpc) is 2.46. The molecule has 0 radical (unpaired) electrons. The minimum Gasteiger partial charge on any atom is -0.492 e. The maximum absolute atomic E-state index is 5.84. The first-order valence-electron chi connectivity index (χ1n) is 7.56. The molecule has 3 nitrogen and oxygen atoms in total. The molecule has 1 N–H and O–H groups in total. The molecule has 0 bridgehead atoms. The molecule has 1 fully saturated rings. The van der Waals surface area contributed by atoms with Crippen molar-refractivity contribution >= 4 is 5.69 Å². The summed E-state index contributed by atoms with van der Waals surface area (Å²) in [4.78, 5) is 2.46. The Morgan fingerprint density at radius 3 is 2.63 bits per heavy atom. The van der Waals surface area contributed by atoms with Crippen LogP contribution in [-0.2, 0) is 6.54 Å². The summed E-state index contributed by atoms with van der Waals surface area (Å²) in [7, 11) is 0. The van der Waals surface area contributed by atoms with Crippen molar-refractivity contribution in [1.29, 1.82) is 0 Å². The fraction of sp³-hybridized carbons (Fsp3) is 0.625. The Morgan fingerprint density at radius 2 is 1.95 bits per heavy atom. The van der Waals surface area contributed by atoms with E-state index in [1.54, 1.807) is 0 Å². The predicted octanol–water partition coefficient (Wildman–Crippen LogP) is 3.19. The van der Waals surface area contributed by atoms with Crippen LogP contribution < -0.4 is 15.0 Å². The molecule has 1 heterocycles. The topological polar surface area (TPSA) is 24.5 Å². The molecule has 1 aliphatic heterocycles. The normalized spacial score (nSPS) is 15.6. The van der Waals surface area contributed by atoms with E-state index in [9.17, 15) is 0 Å². The molecule has 0 atom stereocenters. The van der Waals surface area contributed by atoms with E-state index in [4.69, 9.17) is 4.74 Å². The van der Waals surface area contributed by atoms with Gasteiger partial charge in [0.15, 0.2) is 0 Å². The van der Waals surface area contributed by atoms with Crippen molar-refractivity contribution in [1.82, 2.24) is 5.32 Å². The minimum atomic E-state index is 0.728. The standard InChI is InChI=1S/C16H26N2O/c1-3-17-13-14-8-9-15(16(12-14)19-4-2)18-10-6-5-7-11-18/h8-9,12,17H,3-7,10-11,13H2,1-2H3. The zero-order valence-corrected chi connectivity index (χ0v) is 12.2. The van der Waals surface area contributed by atoms with Gasteiger partial charge in [-0.15, -0.1) is 0 Å². The van der Waals surface area contributed by atoms with E-state index in [2.05, 4.69) is 42.3 Å². The number of anilines is 1. The summed E-state index contributed by atoms with van der Waals surface area (Å²) in [5.41, 5.74) is 2.56. The van der Waals surface area contributed by atoms with Gasteiger partial charge in [0, 0.05) is 19.6 Å². The SMILES string of the molecule is CCNCc1ccc(N2CCCCC2)c(OCC)c1. The third kappa shape index (κ3) is 3.87. The molecule has 1 aromatic rings. The van der Waals surface area contributed by atoms with Gasteiger partial charge in [-0.3, -0.25) is 0 Å². The zero-order chi connectivity index (χ0) is 13.5. The van der Waals surface area contributed by atoms with Crippen LogP contribution in [-0.4, -0.2) is 26.2 Å². The number of nitrogens with one attached hydrogen (secondary N) is 1. The molecule has 2 rings (SSSR count). The molecule has 0 saturated carbocycles. The maximum Gasteiger partial charge on any atom is 0.142 e. The van der Waals surface area contributed by atoms with Crippen LogP contribution in [0.4, 0.5) is 5.69 Å². The lowest BCUT2D eigenvalue weighted by molar-refractivity contribution is 0.339. The van der Waals surface area contributed by atoms with Gasteiger partial charge in [0.25, 0.3) is 0 Å². The fourth-order valence-corrected chi connectivity index (χ4v) is 2.61. The molecule has 3 heteroatoms. The highest BCUT2D eigenvalue weighted by atomic mass is 16.5. The molecule has 106 valence electrons. The first kappa shape index (κ1) is 14.2. The summed E-state index contributed by atoms with van der Waals surface area (Å²) in [6.45, 7) is 9.14. The van der Waals surface area contributed by atoms with Gasteiger partial charge in [0.05, 0.1) is 12.3 Å². The Labute approximate surface area is 116 Å². The lowest BCUT2D eigenvalue weighted by Crippen LogP contribution is -2.29. The van der Waals surface area contributed by atoms with Gasteiger partial charge in [0.2, 0.25) is 0 Å². The van der Waals surface area contributed by atoms with Gasteiger partial charge in [-0.1, -0.05) is 13.0 Å². The van der Waals surface area contributed by atoms with Crippen LogP contribution in [0, 0.1) is 0 Å². The molecule has 0 aliphatic carbocycles. The zero-order valence-electron chi connectivity index (χ0n) is 12.2. The van der Waals surface area contributed by atoms with Gasteiger partial charge < -0.3 is 15.0 Å². The van der Waals surface area contributed by atoms with Crippen LogP contribution in [0.3, 0.4) is 0 Å². The third-order valence-corrected chi connectivity index (χ3v) is 3.60. The number of benzene rings is 1. The Kier molecular flexibility index (Phi) is 5.52. The van der Waals surface area contributed by atoms with Gasteiger partial charge >= 0.3 is 0 Å². The van der Waals surface area contributed by atoms with E-state index in [-0.39, 0.29) is 0 Å². The van der Waals surface area contributed by atoms with Crippen LogP contribution in [0.15, 0.2) is 18.2 Å². The van der Waals surface area contributed by atoms with Crippen molar-refractivity contribution in [3.8, 4) is 5.75 Å². The molecule has 0 spiro atoms. The second-order valence-electron chi connectivity index (χ2n) is 5.06. The summed E-state index contributed by atoms with van der Waals surface area (Å²) in [5.74, 6) is 1.04. The van der Waals surface area contributed by atoms with Crippen LogP contribution in [0.2, 0.25) is 0 Å². The smallest absolute Gasteiger partial charge is 0.142 e. The van der Waals surface area contributed by atoms with Crippen molar-refractivity contribution < 1.29 is 4.74 Å². The maximum atomic E-state index is 5.84. The van der Waals surface area contributed by atoms with E-state index < -0.39 is 0 Å². The van der Waals surface area contributed by atoms with E-state index in [0.717, 1.165) is 38.5 Å². The van der Waals surface area contributed by atoms with Crippen molar-refractivity contribution in [2.45, 2.75) is 39.7 Å². The molecule has 1 aromatic carbocycles. The Morgan fingerprint density at radius 1 is 1.16 bits per heavy atom. The van der Waals surface area contributed by atoms with Gasteiger partial charge in [-0.05, 0) is 50.4 Å². The summed E-state index contributed by atoms with van der Waals surface area (Å²) in [6.07, 6.45) is 3.95. The molecule has 0 unspecified atom stereocenters. The summed E-state index contributed by atoms with van der Waals surface area (Å²) >= 11 is 0. The molecular weight excluding hydrogens is 236 g/mol. The number of hydrogen-bond donors (Lipinski definition) is 1. The Balaban J connectivity index is 2.16. The van der Waals surface area contributed by atoms with Gasteiger partial charge in [-0.2, -0.15) is 0 Å². The largest absolute Gasteiger partial charge is 0.492 e. The first-order chi connectivity index (χ1) is 9.35. The number of nitrogens with zero attached hydrogens (tertiary/aromatic N) is 1. The highest BCUT2D eigenvalue weighted by Crippen LogP contribution is 2.31. The highest BCUT2D eigenvalue weighted by Gasteiger charge is 2.15. The first-order valence-corrected chi connectivity index (χ1v) is 7.56. The molecular formula is C16H26N2O. The second kappa shape index (κ2) is 7.39. The third-order valence-electron chi connectivity index (χ3n) is 3.60.